The highest BCUT2D eigenvalue weighted by Gasteiger charge is 2.42. The number of carbonyl (C=O) groups is 2. The van der Waals surface area contributed by atoms with Gasteiger partial charge in [0.1, 0.15) is 5.25 Å². The van der Waals surface area contributed by atoms with E-state index in [-0.39, 0.29) is 34.9 Å². The summed E-state index contributed by atoms with van der Waals surface area (Å²) >= 11 is 0. The van der Waals surface area contributed by atoms with Crippen molar-refractivity contribution in [2.75, 3.05) is 13.1 Å². The molecule has 0 aromatic rings. The molecule has 1 N–H and O–H groups in total. The number of nitrogens with zero attached hydrogens (tertiary/aromatic N) is 1. The third kappa shape index (κ3) is 5.57. The number of likely N-dealkylation sites (tertiary alicyclic amines) is 1. The number of rotatable bonds is 6. The molecule has 1 heterocycles. The zero-order valence-corrected chi connectivity index (χ0v) is 19.6. The van der Waals surface area contributed by atoms with Gasteiger partial charge < -0.3 is 10.2 Å². The Kier molecular flexibility index (Phi) is 8.22. The Labute approximate surface area is 182 Å². The van der Waals surface area contributed by atoms with Gasteiger partial charge in [0.2, 0.25) is 11.8 Å². The van der Waals surface area contributed by atoms with Gasteiger partial charge in [0.25, 0.3) is 0 Å². The third-order valence-electron chi connectivity index (χ3n) is 7.34. The lowest BCUT2D eigenvalue weighted by molar-refractivity contribution is -0.137. The number of sulfone groups is 1. The molecule has 0 radical (unpaired) electrons. The maximum Gasteiger partial charge on any atom is 0.238 e. The van der Waals surface area contributed by atoms with E-state index in [0.29, 0.717) is 38.8 Å². The van der Waals surface area contributed by atoms with E-state index in [2.05, 4.69) is 5.32 Å². The van der Waals surface area contributed by atoms with Crippen LogP contribution in [0.5, 0.6) is 0 Å². The van der Waals surface area contributed by atoms with Crippen molar-refractivity contribution in [1.82, 2.24) is 10.2 Å². The molecule has 0 bridgehead atoms. The summed E-state index contributed by atoms with van der Waals surface area (Å²) in [5, 5.41) is 1.68. The fraction of sp³-hybridized carbons (Fsp3) is 0.913. The number of piperidine rings is 1. The summed E-state index contributed by atoms with van der Waals surface area (Å²) in [6, 6.07) is -0.0456. The van der Waals surface area contributed by atoms with E-state index >= 15 is 0 Å². The standard InChI is InChI=1S/C23H40N2O4S/c1-17(2)21(30(28,29)20-11-7-4-8-12-20)22(26)24-19-13-15-25(16-14-19)23(27)18-9-5-3-6-10-18/h17-21H,3-16H2,1-2H3,(H,24,26). The van der Waals surface area contributed by atoms with Crippen molar-refractivity contribution in [2.24, 2.45) is 11.8 Å². The Balaban J connectivity index is 1.55. The van der Waals surface area contributed by atoms with Crippen molar-refractivity contribution < 1.29 is 18.0 Å². The van der Waals surface area contributed by atoms with E-state index in [1.807, 2.05) is 18.7 Å². The Morgan fingerprint density at radius 1 is 0.833 bits per heavy atom. The second kappa shape index (κ2) is 10.5. The van der Waals surface area contributed by atoms with Gasteiger partial charge >= 0.3 is 0 Å². The zero-order valence-electron chi connectivity index (χ0n) is 18.8. The molecule has 0 aromatic heterocycles. The Hall–Kier alpha value is -1.11. The topological polar surface area (TPSA) is 83.6 Å². The van der Waals surface area contributed by atoms with Crippen molar-refractivity contribution in [2.45, 2.75) is 107 Å². The molecule has 30 heavy (non-hydrogen) atoms. The van der Waals surface area contributed by atoms with Gasteiger partial charge in [0.05, 0.1) is 5.25 Å². The molecule has 1 aliphatic heterocycles. The first-order valence-corrected chi connectivity index (χ1v) is 13.7. The fourth-order valence-electron chi connectivity index (χ4n) is 5.57. The predicted molar refractivity (Wildman–Crippen MR) is 119 cm³/mol. The summed E-state index contributed by atoms with van der Waals surface area (Å²) in [4.78, 5) is 27.7. The van der Waals surface area contributed by atoms with Crippen LogP contribution in [0.25, 0.3) is 0 Å². The second-order valence-electron chi connectivity index (χ2n) is 9.96. The molecule has 2 saturated carbocycles. The molecular weight excluding hydrogens is 400 g/mol. The van der Waals surface area contributed by atoms with Gasteiger partial charge in [-0.3, -0.25) is 9.59 Å². The minimum atomic E-state index is -3.49. The summed E-state index contributed by atoms with van der Waals surface area (Å²) in [6.45, 7) is 4.97. The number of hydrogen-bond donors (Lipinski definition) is 1. The summed E-state index contributed by atoms with van der Waals surface area (Å²) < 4.78 is 26.4. The van der Waals surface area contributed by atoms with E-state index < -0.39 is 15.1 Å². The maximum atomic E-state index is 13.2. The molecule has 7 heteroatoms. The van der Waals surface area contributed by atoms with Crippen molar-refractivity contribution in [3.05, 3.63) is 0 Å². The normalized spacial score (nSPS) is 24.0. The highest BCUT2D eigenvalue weighted by molar-refractivity contribution is 7.93. The van der Waals surface area contributed by atoms with Crippen LogP contribution in [0, 0.1) is 11.8 Å². The number of carbonyl (C=O) groups excluding carboxylic acids is 2. The SMILES string of the molecule is CC(C)C(C(=O)NC1CCN(C(=O)C2CCCCC2)CC1)S(=O)(=O)C1CCCCC1. The molecule has 2 amide bonds. The first-order valence-electron chi connectivity index (χ1n) is 12.1. The van der Waals surface area contributed by atoms with Gasteiger partial charge in [-0.1, -0.05) is 52.4 Å². The minimum absolute atomic E-state index is 0.0456. The molecule has 0 spiro atoms. The van der Waals surface area contributed by atoms with Crippen molar-refractivity contribution in [3.8, 4) is 0 Å². The van der Waals surface area contributed by atoms with E-state index in [4.69, 9.17) is 0 Å². The van der Waals surface area contributed by atoms with Gasteiger partial charge in [-0.2, -0.15) is 0 Å². The largest absolute Gasteiger partial charge is 0.352 e. The number of amides is 2. The van der Waals surface area contributed by atoms with Crippen LogP contribution in [0.15, 0.2) is 0 Å². The minimum Gasteiger partial charge on any atom is -0.352 e. The Morgan fingerprint density at radius 2 is 1.37 bits per heavy atom. The van der Waals surface area contributed by atoms with Crippen molar-refractivity contribution in [1.29, 1.82) is 0 Å². The lowest BCUT2D eigenvalue weighted by Gasteiger charge is -2.36. The third-order valence-corrected chi connectivity index (χ3v) is 10.2. The highest BCUT2D eigenvalue weighted by atomic mass is 32.2. The lowest BCUT2D eigenvalue weighted by Crippen LogP contribution is -2.53. The van der Waals surface area contributed by atoms with E-state index in [0.717, 1.165) is 44.9 Å². The van der Waals surface area contributed by atoms with Crippen LogP contribution in [0.2, 0.25) is 0 Å². The summed E-state index contributed by atoms with van der Waals surface area (Å²) in [6.07, 6.45) is 11.3. The van der Waals surface area contributed by atoms with Gasteiger partial charge in [-0.25, -0.2) is 8.42 Å². The van der Waals surface area contributed by atoms with Crippen molar-refractivity contribution in [3.63, 3.8) is 0 Å². The van der Waals surface area contributed by atoms with E-state index in [1.165, 1.54) is 6.42 Å². The molecule has 3 aliphatic rings. The maximum absolute atomic E-state index is 13.2. The number of nitrogens with one attached hydrogen (secondary N) is 1. The van der Waals surface area contributed by atoms with E-state index in [1.54, 1.807) is 0 Å². The quantitative estimate of drug-likeness (QED) is 0.686. The molecule has 3 rings (SSSR count). The van der Waals surface area contributed by atoms with Crippen LogP contribution in [0.3, 0.4) is 0 Å². The smallest absolute Gasteiger partial charge is 0.238 e. The van der Waals surface area contributed by atoms with Crippen LogP contribution in [0.1, 0.15) is 90.9 Å². The van der Waals surface area contributed by atoms with Crippen LogP contribution >= 0.6 is 0 Å². The molecule has 172 valence electrons. The molecule has 2 aliphatic carbocycles. The van der Waals surface area contributed by atoms with Crippen LogP contribution in [-0.2, 0) is 19.4 Å². The van der Waals surface area contributed by atoms with Crippen LogP contribution < -0.4 is 5.32 Å². The summed E-state index contributed by atoms with van der Waals surface area (Å²) in [7, 11) is -3.49. The van der Waals surface area contributed by atoms with Gasteiger partial charge in [-0.15, -0.1) is 0 Å². The van der Waals surface area contributed by atoms with Gasteiger partial charge in [-0.05, 0) is 44.4 Å². The van der Waals surface area contributed by atoms with E-state index in [9.17, 15) is 18.0 Å². The Morgan fingerprint density at radius 3 is 1.90 bits per heavy atom. The zero-order chi connectivity index (χ0) is 21.7. The molecule has 6 nitrogen and oxygen atoms in total. The highest BCUT2D eigenvalue weighted by Crippen LogP contribution is 2.30. The Bertz CT molecular complexity index is 686. The lowest BCUT2D eigenvalue weighted by atomic mass is 9.87. The molecule has 3 fully saturated rings. The first-order chi connectivity index (χ1) is 14.3. The van der Waals surface area contributed by atoms with Crippen molar-refractivity contribution >= 4 is 21.7 Å². The van der Waals surface area contributed by atoms with Crippen LogP contribution in [-0.4, -0.2) is 54.8 Å². The first kappa shape index (κ1) is 23.6. The van der Waals surface area contributed by atoms with Crippen LogP contribution in [0.4, 0.5) is 0 Å². The van der Waals surface area contributed by atoms with Gasteiger partial charge in [0.15, 0.2) is 9.84 Å². The second-order valence-corrected chi connectivity index (χ2v) is 12.3. The molecule has 1 saturated heterocycles. The average Bonchev–Trinajstić information content (AvgIpc) is 2.74. The molecule has 1 unspecified atom stereocenters. The predicted octanol–water partition coefficient (Wildman–Crippen LogP) is 3.45. The number of hydrogen-bond acceptors (Lipinski definition) is 4. The fourth-order valence-corrected chi connectivity index (χ4v) is 8.10. The monoisotopic (exact) mass is 440 g/mol. The van der Waals surface area contributed by atoms with Gasteiger partial charge in [0, 0.05) is 25.0 Å². The molecular formula is C23H40N2O4S. The average molecular weight is 441 g/mol. The summed E-state index contributed by atoms with van der Waals surface area (Å²) in [5.41, 5.74) is 0. The molecule has 1 atom stereocenters. The molecule has 0 aromatic carbocycles. The summed E-state index contributed by atoms with van der Waals surface area (Å²) in [5.74, 6) is -0.132.